The lowest BCUT2D eigenvalue weighted by molar-refractivity contribution is 0.199. The number of nitrogens with one attached hydrogen (secondary N) is 1. The third kappa shape index (κ3) is 4.39. The van der Waals surface area contributed by atoms with Crippen molar-refractivity contribution < 1.29 is 4.74 Å². The van der Waals surface area contributed by atoms with Gasteiger partial charge < -0.3 is 15.0 Å². The van der Waals surface area contributed by atoms with Crippen molar-refractivity contribution in [3.05, 3.63) is 59.4 Å². The van der Waals surface area contributed by atoms with E-state index in [0.29, 0.717) is 6.04 Å². The molecule has 2 aliphatic heterocycles. The summed E-state index contributed by atoms with van der Waals surface area (Å²) in [5.41, 5.74) is 4.13. The molecule has 0 amide bonds. The zero-order valence-electron chi connectivity index (χ0n) is 14.8. The van der Waals surface area contributed by atoms with Gasteiger partial charge in [0.2, 0.25) is 0 Å². The number of rotatable bonds is 6. The van der Waals surface area contributed by atoms with Gasteiger partial charge in [-0.2, -0.15) is 0 Å². The Morgan fingerprint density at radius 1 is 1.08 bits per heavy atom. The molecule has 2 aromatic rings. The molecular formula is C21H27N3O. The predicted molar refractivity (Wildman–Crippen MR) is 99.9 cm³/mol. The Bertz CT molecular complexity index is 681. The van der Waals surface area contributed by atoms with Crippen LogP contribution in [-0.2, 0) is 19.4 Å². The van der Waals surface area contributed by atoms with Crippen molar-refractivity contribution >= 4 is 0 Å². The Morgan fingerprint density at radius 3 is 2.76 bits per heavy atom. The topological polar surface area (TPSA) is 37.4 Å². The number of hydrogen-bond acceptors (Lipinski definition) is 4. The van der Waals surface area contributed by atoms with Gasteiger partial charge in [-0.1, -0.05) is 12.1 Å². The van der Waals surface area contributed by atoms with Crippen molar-refractivity contribution in [2.45, 2.75) is 38.3 Å². The Kier molecular flexibility index (Phi) is 5.28. The monoisotopic (exact) mass is 337 g/mol. The van der Waals surface area contributed by atoms with Crippen LogP contribution in [0.3, 0.4) is 0 Å². The van der Waals surface area contributed by atoms with Gasteiger partial charge in [0.25, 0.3) is 0 Å². The fourth-order valence-electron chi connectivity index (χ4n) is 3.81. The average Bonchev–Trinajstić information content (AvgIpc) is 3.14. The van der Waals surface area contributed by atoms with E-state index in [-0.39, 0.29) is 0 Å². The van der Waals surface area contributed by atoms with E-state index in [9.17, 15) is 0 Å². The molecule has 0 unspecified atom stereocenters. The second kappa shape index (κ2) is 7.98. The molecule has 0 atom stereocenters. The second-order valence-corrected chi connectivity index (χ2v) is 7.14. The molecule has 132 valence electrons. The lowest BCUT2D eigenvalue weighted by atomic mass is 10.0. The minimum atomic E-state index is 0.640. The summed E-state index contributed by atoms with van der Waals surface area (Å²) in [6.45, 7) is 5.35. The lowest BCUT2D eigenvalue weighted by Crippen LogP contribution is -2.42. The first-order valence-corrected chi connectivity index (χ1v) is 9.46. The molecule has 25 heavy (non-hydrogen) atoms. The summed E-state index contributed by atoms with van der Waals surface area (Å²) in [5.74, 6) is 1.08. The number of piperidine rings is 1. The summed E-state index contributed by atoms with van der Waals surface area (Å²) >= 11 is 0. The molecule has 1 saturated heterocycles. The van der Waals surface area contributed by atoms with Crippen molar-refractivity contribution in [3.63, 3.8) is 0 Å². The standard InChI is InChI=1S/C21H27N3O/c1-2-21-19(8-14-25-21)15-18(1)16-23-20-6-12-24(13-7-20)11-5-17-3-9-22-10-4-17/h1-4,9-10,15,20,23H,5-8,11-14,16H2. The maximum atomic E-state index is 5.59. The highest BCUT2D eigenvalue weighted by Crippen LogP contribution is 2.26. The van der Waals surface area contributed by atoms with Gasteiger partial charge in [-0.25, -0.2) is 0 Å². The Hall–Kier alpha value is -1.91. The van der Waals surface area contributed by atoms with Crippen molar-refractivity contribution in [2.24, 2.45) is 0 Å². The van der Waals surface area contributed by atoms with Crippen LogP contribution in [0.1, 0.15) is 29.5 Å². The summed E-state index contributed by atoms with van der Waals surface area (Å²) in [6, 6.07) is 11.5. The van der Waals surface area contributed by atoms with Gasteiger partial charge in [0.05, 0.1) is 6.61 Å². The number of benzene rings is 1. The van der Waals surface area contributed by atoms with Gasteiger partial charge in [-0.05, 0) is 67.2 Å². The van der Waals surface area contributed by atoms with Crippen LogP contribution in [-0.4, -0.2) is 42.2 Å². The molecule has 4 heteroatoms. The first kappa shape index (κ1) is 16.6. The minimum absolute atomic E-state index is 0.640. The molecule has 1 aromatic carbocycles. The van der Waals surface area contributed by atoms with Crippen molar-refractivity contribution in [2.75, 3.05) is 26.2 Å². The lowest BCUT2D eigenvalue weighted by Gasteiger charge is -2.32. The second-order valence-electron chi connectivity index (χ2n) is 7.14. The van der Waals surface area contributed by atoms with Crippen LogP contribution in [0, 0.1) is 0 Å². The first-order chi connectivity index (χ1) is 12.4. The van der Waals surface area contributed by atoms with Crippen LogP contribution in [0.2, 0.25) is 0 Å². The van der Waals surface area contributed by atoms with Gasteiger partial charge in [-0.3, -0.25) is 4.98 Å². The molecule has 3 heterocycles. The van der Waals surface area contributed by atoms with Gasteiger partial charge in [0, 0.05) is 37.9 Å². The van der Waals surface area contributed by atoms with E-state index in [1.807, 2.05) is 12.4 Å². The number of likely N-dealkylation sites (tertiary alicyclic amines) is 1. The van der Waals surface area contributed by atoms with E-state index < -0.39 is 0 Å². The van der Waals surface area contributed by atoms with E-state index >= 15 is 0 Å². The number of fused-ring (bicyclic) bond motifs is 1. The van der Waals surface area contributed by atoms with Crippen LogP contribution < -0.4 is 10.1 Å². The normalized spacial score (nSPS) is 18.1. The largest absolute Gasteiger partial charge is 0.493 e. The molecule has 2 aliphatic rings. The molecule has 4 nitrogen and oxygen atoms in total. The molecule has 4 rings (SSSR count). The zero-order valence-corrected chi connectivity index (χ0v) is 14.8. The molecule has 0 spiro atoms. The van der Waals surface area contributed by atoms with Gasteiger partial charge in [0.15, 0.2) is 0 Å². The Morgan fingerprint density at radius 2 is 1.92 bits per heavy atom. The molecule has 1 fully saturated rings. The zero-order chi connectivity index (χ0) is 16.9. The summed E-state index contributed by atoms with van der Waals surface area (Å²) in [4.78, 5) is 6.67. The van der Waals surface area contributed by atoms with Crippen LogP contribution >= 0.6 is 0 Å². The van der Waals surface area contributed by atoms with Crippen molar-refractivity contribution in [3.8, 4) is 5.75 Å². The fraction of sp³-hybridized carbons (Fsp3) is 0.476. The number of nitrogens with zero attached hydrogens (tertiary/aromatic N) is 2. The minimum Gasteiger partial charge on any atom is -0.493 e. The van der Waals surface area contributed by atoms with E-state index in [2.05, 4.69) is 45.5 Å². The third-order valence-corrected chi connectivity index (χ3v) is 5.40. The highest BCUT2D eigenvalue weighted by Gasteiger charge is 2.19. The van der Waals surface area contributed by atoms with Gasteiger partial charge >= 0.3 is 0 Å². The number of ether oxygens (including phenoxy) is 1. The quantitative estimate of drug-likeness (QED) is 0.879. The first-order valence-electron chi connectivity index (χ1n) is 9.46. The van der Waals surface area contributed by atoms with Crippen LogP contribution in [0.4, 0.5) is 0 Å². The smallest absolute Gasteiger partial charge is 0.122 e. The molecule has 0 saturated carbocycles. The van der Waals surface area contributed by atoms with E-state index in [4.69, 9.17) is 4.74 Å². The summed E-state index contributed by atoms with van der Waals surface area (Å²) < 4.78 is 5.59. The maximum absolute atomic E-state index is 5.59. The number of hydrogen-bond donors (Lipinski definition) is 1. The predicted octanol–water partition coefficient (Wildman–Crippen LogP) is 2.81. The van der Waals surface area contributed by atoms with Crippen LogP contribution in [0.25, 0.3) is 0 Å². The maximum Gasteiger partial charge on any atom is 0.122 e. The van der Waals surface area contributed by atoms with Crippen LogP contribution in [0.15, 0.2) is 42.7 Å². The third-order valence-electron chi connectivity index (χ3n) is 5.40. The van der Waals surface area contributed by atoms with E-state index in [1.54, 1.807) is 0 Å². The number of aromatic nitrogens is 1. The van der Waals surface area contributed by atoms with Crippen molar-refractivity contribution in [1.82, 2.24) is 15.2 Å². The summed E-state index contributed by atoms with van der Waals surface area (Å²) in [5, 5.41) is 3.75. The Balaban J connectivity index is 1.19. The summed E-state index contributed by atoms with van der Waals surface area (Å²) in [7, 11) is 0. The van der Waals surface area contributed by atoms with Gasteiger partial charge in [0.1, 0.15) is 5.75 Å². The highest BCUT2D eigenvalue weighted by atomic mass is 16.5. The average molecular weight is 337 g/mol. The van der Waals surface area contributed by atoms with E-state index in [1.165, 1.54) is 42.6 Å². The molecule has 1 N–H and O–H groups in total. The molecule has 1 aromatic heterocycles. The van der Waals surface area contributed by atoms with Crippen LogP contribution in [0.5, 0.6) is 5.75 Å². The molecule has 0 radical (unpaired) electrons. The SMILES string of the molecule is c1cc(CCN2CCC(NCc3ccc4c(c3)CCO4)CC2)ccn1. The molecule has 0 aliphatic carbocycles. The number of pyridine rings is 1. The fourth-order valence-corrected chi connectivity index (χ4v) is 3.81. The van der Waals surface area contributed by atoms with E-state index in [0.717, 1.165) is 38.3 Å². The van der Waals surface area contributed by atoms with Gasteiger partial charge in [-0.15, -0.1) is 0 Å². The Labute approximate surface area is 150 Å². The molecule has 0 bridgehead atoms. The van der Waals surface area contributed by atoms with Crippen molar-refractivity contribution in [1.29, 1.82) is 0 Å². The summed E-state index contributed by atoms with van der Waals surface area (Å²) in [6.07, 6.45) is 8.43. The molecular weight excluding hydrogens is 310 g/mol. The highest BCUT2D eigenvalue weighted by molar-refractivity contribution is 5.39.